The van der Waals surface area contributed by atoms with E-state index in [1.165, 1.54) is 19.2 Å². The molecule has 0 aromatic heterocycles. The summed E-state index contributed by atoms with van der Waals surface area (Å²) in [5.74, 6) is -1.59. The molecule has 1 unspecified atom stereocenters. The van der Waals surface area contributed by atoms with Gasteiger partial charge in [0.1, 0.15) is 0 Å². The molecule has 1 amide bonds. The first-order valence-corrected chi connectivity index (χ1v) is 8.35. The highest BCUT2D eigenvalue weighted by molar-refractivity contribution is 5.79. The van der Waals surface area contributed by atoms with Crippen molar-refractivity contribution in [3.63, 3.8) is 0 Å². The molecule has 2 aromatic carbocycles. The molecule has 0 heterocycles. The molecule has 0 spiro atoms. The number of rotatable bonds is 9. The summed E-state index contributed by atoms with van der Waals surface area (Å²) in [6.07, 6.45) is 0.845. The maximum atomic E-state index is 13.7. The van der Waals surface area contributed by atoms with Crippen LogP contribution >= 0.6 is 0 Å². The minimum Gasteiger partial charge on any atom is -0.494 e. The van der Waals surface area contributed by atoms with Gasteiger partial charge in [0.25, 0.3) is 0 Å². The van der Waals surface area contributed by atoms with Crippen LogP contribution in [-0.4, -0.2) is 30.1 Å². The van der Waals surface area contributed by atoms with Crippen molar-refractivity contribution < 1.29 is 23.8 Å². The molecular formula is C20H22FNO4. The summed E-state index contributed by atoms with van der Waals surface area (Å²) in [7, 11) is 1.38. The monoisotopic (exact) mass is 359 g/mol. The van der Waals surface area contributed by atoms with Crippen LogP contribution in [0.25, 0.3) is 0 Å². The summed E-state index contributed by atoms with van der Waals surface area (Å²) in [4.78, 5) is 23.2. The van der Waals surface area contributed by atoms with E-state index in [9.17, 15) is 14.0 Å². The maximum absolute atomic E-state index is 13.7. The second kappa shape index (κ2) is 9.56. The lowest BCUT2D eigenvalue weighted by Gasteiger charge is -2.18. The molecule has 0 aliphatic rings. The second-order valence-corrected chi connectivity index (χ2v) is 6.03. The molecule has 26 heavy (non-hydrogen) atoms. The fraction of sp³-hybridized carbons (Fsp3) is 0.300. The van der Waals surface area contributed by atoms with Gasteiger partial charge in [0.2, 0.25) is 5.91 Å². The van der Waals surface area contributed by atoms with Crippen molar-refractivity contribution in [3.05, 3.63) is 65.5 Å². The van der Waals surface area contributed by atoms with E-state index in [2.05, 4.69) is 5.32 Å². The number of carbonyl (C=O) groups excluding carboxylic acids is 1. The zero-order valence-electron chi connectivity index (χ0n) is 14.6. The molecule has 138 valence electrons. The molecule has 6 heteroatoms. The summed E-state index contributed by atoms with van der Waals surface area (Å²) < 4.78 is 18.6. The topological polar surface area (TPSA) is 75.6 Å². The van der Waals surface area contributed by atoms with Crippen LogP contribution in [0.1, 0.15) is 24.0 Å². The van der Waals surface area contributed by atoms with Crippen molar-refractivity contribution in [2.75, 3.05) is 7.11 Å². The predicted molar refractivity (Wildman–Crippen MR) is 95.6 cm³/mol. The first-order valence-electron chi connectivity index (χ1n) is 8.35. The number of methoxy groups -OCH3 is 1. The Bertz CT molecular complexity index is 749. The minimum atomic E-state index is -0.908. The van der Waals surface area contributed by atoms with Gasteiger partial charge in [-0.3, -0.25) is 9.59 Å². The fourth-order valence-corrected chi connectivity index (χ4v) is 2.71. The average Bonchev–Trinajstić information content (AvgIpc) is 2.60. The molecule has 0 aliphatic heterocycles. The molecule has 0 bridgehead atoms. The van der Waals surface area contributed by atoms with Crippen LogP contribution in [0.4, 0.5) is 4.39 Å². The molecule has 2 aromatic rings. The van der Waals surface area contributed by atoms with Gasteiger partial charge >= 0.3 is 5.97 Å². The molecule has 0 fully saturated rings. The van der Waals surface area contributed by atoms with Gasteiger partial charge in [-0.05, 0) is 36.1 Å². The molecule has 5 nitrogen and oxygen atoms in total. The Morgan fingerprint density at radius 1 is 1.15 bits per heavy atom. The Hall–Kier alpha value is -2.89. The Labute approximate surface area is 151 Å². The number of hydrogen-bond donors (Lipinski definition) is 2. The number of aliphatic carboxylic acids is 1. The zero-order chi connectivity index (χ0) is 18.9. The normalized spacial score (nSPS) is 11.6. The highest BCUT2D eigenvalue weighted by Gasteiger charge is 2.16. The summed E-state index contributed by atoms with van der Waals surface area (Å²) in [5.41, 5.74) is 1.54. The first kappa shape index (κ1) is 19.4. The first-order chi connectivity index (χ1) is 12.5. The standard InChI is InChI=1S/C20H22FNO4/c1-26-18-9-7-15(12-17(18)21)13-19(23)22-16(8-10-20(24)25)11-14-5-3-2-4-6-14/h2-7,9,12,16H,8,10-11,13H2,1H3,(H,22,23)(H,24,25). The van der Waals surface area contributed by atoms with Gasteiger partial charge < -0.3 is 15.2 Å². The van der Waals surface area contributed by atoms with E-state index in [-0.39, 0.29) is 30.5 Å². The molecular weight excluding hydrogens is 337 g/mol. The lowest BCUT2D eigenvalue weighted by atomic mass is 10.0. The van der Waals surface area contributed by atoms with Gasteiger partial charge in [0.05, 0.1) is 13.5 Å². The number of halogens is 1. The minimum absolute atomic E-state index is 0.0132. The van der Waals surface area contributed by atoms with Crippen molar-refractivity contribution in [1.29, 1.82) is 0 Å². The summed E-state index contributed by atoms with van der Waals surface area (Å²) >= 11 is 0. The van der Waals surface area contributed by atoms with Gasteiger partial charge in [0, 0.05) is 12.5 Å². The van der Waals surface area contributed by atoms with Crippen LogP contribution in [0.3, 0.4) is 0 Å². The van der Waals surface area contributed by atoms with Gasteiger partial charge in [-0.1, -0.05) is 36.4 Å². The molecule has 0 radical (unpaired) electrons. The van der Waals surface area contributed by atoms with E-state index in [0.717, 1.165) is 5.56 Å². The summed E-state index contributed by atoms with van der Waals surface area (Å²) in [5, 5.41) is 11.8. The average molecular weight is 359 g/mol. The molecule has 2 rings (SSSR count). The van der Waals surface area contributed by atoms with Crippen molar-refractivity contribution in [3.8, 4) is 5.75 Å². The molecule has 0 saturated carbocycles. The van der Waals surface area contributed by atoms with E-state index >= 15 is 0 Å². The number of hydrogen-bond acceptors (Lipinski definition) is 3. The van der Waals surface area contributed by atoms with Crippen molar-refractivity contribution in [1.82, 2.24) is 5.32 Å². The zero-order valence-corrected chi connectivity index (χ0v) is 14.6. The van der Waals surface area contributed by atoms with E-state index in [4.69, 9.17) is 9.84 Å². The largest absolute Gasteiger partial charge is 0.494 e. The van der Waals surface area contributed by atoms with Crippen molar-refractivity contribution >= 4 is 11.9 Å². The smallest absolute Gasteiger partial charge is 0.303 e. The van der Waals surface area contributed by atoms with Gasteiger partial charge in [-0.15, -0.1) is 0 Å². The quantitative estimate of drug-likeness (QED) is 0.722. The summed E-state index contributed by atoms with van der Waals surface area (Å²) in [6.45, 7) is 0. The number of amides is 1. The van der Waals surface area contributed by atoms with Crippen LogP contribution in [0, 0.1) is 5.82 Å². The van der Waals surface area contributed by atoms with Crippen LogP contribution in [0.15, 0.2) is 48.5 Å². The molecule has 2 N–H and O–H groups in total. The Kier molecular flexibility index (Phi) is 7.14. The lowest BCUT2D eigenvalue weighted by Crippen LogP contribution is -2.37. The lowest BCUT2D eigenvalue weighted by molar-refractivity contribution is -0.137. The van der Waals surface area contributed by atoms with E-state index in [1.807, 2.05) is 30.3 Å². The number of carboxylic acids is 1. The maximum Gasteiger partial charge on any atom is 0.303 e. The van der Waals surface area contributed by atoms with Gasteiger partial charge in [-0.25, -0.2) is 4.39 Å². The van der Waals surface area contributed by atoms with E-state index in [1.54, 1.807) is 6.07 Å². The number of benzene rings is 2. The van der Waals surface area contributed by atoms with Gasteiger partial charge in [-0.2, -0.15) is 0 Å². The highest BCUT2D eigenvalue weighted by Crippen LogP contribution is 2.18. The van der Waals surface area contributed by atoms with Crippen LogP contribution in [0.5, 0.6) is 5.75 Å². The van der Waals surface area contributed by atoms with Crippen LogP contribution in [-0.2, 0) is 22.4 Å². The van der Waals surface area contributed by atoms with E-state index < -0.39 is 11.8 Å². The highest BCUT2D eigenvalue weighted by atomic mass is 19.1. The number of carboxylic acid groups (broad SMARTS) is 1. The van der Waals surface area contributed by atoms with Crippen molar-refractivity contribution in [2.24, 2.45) is 0 Å². The molecule has 0 aliphatic carbocycles. The molecule has 0 saturated heterocycles. The van der Waals surface area contributed by atoms with Crippen LogP contribution < -0.4 is 10.1 Å². The number of carbonyl (C=O) groups is 2. The van der Waals surface area contributed by atoms with Crippen LogP contribution in [0.2, 0.25) is 0 Å². The number of nitrogens with one attached hydrogen (secondary N) is 1. The third-order valence-electron chi connectivity index (χ3n) is 3.98. The third kappa shape index (κ3) is 6.20. The number of ether oxygens (including phenoxy) is 1. The predicted octanol–water partition coefficient (Wildman–Crippen LogP) is 2.97. The Morgan fingerprint density at radius 3 is 2.50 bits per heavy atom. The summed E-state index contributed by atoms with van der Waals surface area (Å²) in [6, 6.07) is 13.6. The molecule has 1 atom stereocenters. The Morgan fingerprint density at radius 2 is 1.88 bits per heavy atom. The fourth-order valence-electron chi connectivity index (χ4n) is 2.71. The van der Waals surface area contributed by atoms with Crippen molar-refractivity contribution in [2.45, 2.75) is 31.7 Å². The Balaban J connectivity index is 2.00. The third-order valence-corrected chi connectivity index (χ3v) is 3.98. The SMILES string of the molecule is COc1ccc(CC(=O)NC(CCC(=O)O)Cc2ccccc2)cc1F. The second-order valence-electron chi connectivity index (χ2n) is 6.03. The van der Waals surface area contributed by atoms with Gasteiger partial charge in [0.15, 0.2) is 11.6 Å². The van der Waals surface area contributed by atoms with E-state index in [0.29, 0.717) is 18.4 Å².